The zero-order valence-electron chi connectivity index (χ0n) is 13.3. The summed E-state index contributed by atoms with van der Waals surface area (Å²) in [4.78, 5) is 0.163. The van der Waals surface area contributed by atoms with Gasteiger partial charge >= 0.3 is 0 Å². The summed E-state index contributed by atoms with van der Waals surface area (Å²) >= 11 is 0. The summed E-state index contributed by atoms with van der Waals surface area (Å²) in [6, 6.07) is 10.9. The van der Waals surface area contributed by atoms with Crippen molar-refractivity contribution in [2.45, 2.75) is 37.5 Å². The molecule has 23 heavy (non-hydrogen) atoms. The van der Waals surface area contributed by atoms with Crippen molar-refractivity contribution in [1.82, 2.24) is 10.2 Å². The molecule has 2 aromatic rings. The van der Waals surface area contributed by atoms with E-state index in [1.54, 1.807) is 18.3 Å². The molecule has 122 valence electrons. The molecule has 1 saturated carbocycles. The van der Waals surface area contributed by atoms with Crippen molar-refractivity contribution in [3.63, 3.8) is 0 Å². The van der Waals surface area contributed by atoms with Crippen molar-refractivity contribution in [1.29, 1.82) is 0 Å². The Morgan fingerprint density at radius 3 is 2.43 bits per heavy atom. The first-order valence-electron chi connectivity index (χ1n) is 7.69. The molecular formula is C17H21N3O2S. The molecule has 5 nitrogen and oxygen atoms in total. The Kier molecular flexibility index (Phi) is 3.98. The maximum Gasteiger partial charge on any atom is 0.238 e. The number of rotatable bonds is 5. The van der Waals surface area contributed by atoms with Crippen LogP contribution in [-0.2, 0) is 16.4 Å². The number of benzene rings is 1. The van der Waals surface area contributed by atoms with Crippen molar-refractivity contribution in [2.24, 2.45) is 16.5 Å². The van der Waals surface area contributed by atoms with Crippen LogP contribution >= 0.6 is 0 Å². The normalized spacial score (nSPS) is 22.7. The van der Waals surface area contributed by atoms with Crippen LogP contribution in [0, 0.1) is 11.3 Å². The number of hydrogen-bond acceptors (Lipinski definition) is 4. The van der Waals surface area contributed by atoms with E-state index in [0.717, 1.165) is 18.5 Å². The SMILES string of the molecule is CC1(C)C(CCc2cccnn2)C1c1ccc(S(N)(=O)=O)cc1. The van der Waals surface area contributed by atoms with Crippen molar-refractivity contribution in [3.8, 4) is 0 Å². The zero-order valence-corrected chi connectivity index (χ0v) is 14.1. The Labute approximate surface area is 137 Å². The molecule has 2 unspecified atom stereocenters. The lowest BCUT2D eigenvalue weighted by molar-refractivity contribution is 0.527. The van der Waals surface area contributed by atoms with Crippen LogP contribution in [0.5, 0.6) is 0 Å². The van der Waals surface area contributed by atoms with Crippen molar-refractivity contribution >= 4 is 10.0 Å². The molecule has 1 heterocycles. The number of aromatic nitrogens is 2. The van der Waals surface area contributed by atoms with E-state index in [0.29, 0.717) is 11.8 Å². The van der Waals surface area contributed by atoms with Crippen molar-refractivity contribution < 1.29 is 8.42 Å². The molecule has 3 rings (SSSR count). The first-order chi connectivity index (χ1) is 10.8. The fraction of sp³-hybridized carbons (Fsp3) is 0.412. The standard InChI is InChI=1S/C17H21N3O2S/c1-17(2)15(10-7-13-4-3-11-19-20-13)16(17)12-5-8-14(9-6-12)23(18,21)22/h3-6,8-9,11,15-16H,7,10H2,1-2H3,(H2,18,21,22). The van der Waals surface area contributed by atoms with Crippen molar-refractivity contribution in [2.75, 3.05) is 0 Å². The van der Waals surface area contributed by atoms with Gasteiger partial charge in [0, 0.05) is 6.20 Å². The van der Waals surface area contributed by atoms with Gasteiger partial charge in [-0.3, -0.25) is 0 Å². The Bertz CT molecular complexity index is 786. The molecule has 1 aromatic heterocycles. The third-order valence-corrected chi connectivity index (χ3v) is 5.89. The summed E-state index contributed by atoms with van der Waals surface area (Å²) in [5.74, 6) is 0.999. The van der Waals surface area contributed by atoms with E-state index in [2.05, 4.69) is 24.0 Å². The number of sulfonamides is 1. The van der Waals surface area contributed by atoms with Gasteiger partial charge in [-0.1, -0.05) is 26.0 Å². The first kappa shape index (κ1) is 16.1. The smallest absolute Gasteiger partial charge is 0.225 e. The molecule has 0 amide bonds. The molecular weight excluding hydrogens is 310 g/mol. The minimum absolute atomic E-state index is 0.163. The summed E-state index contributed by atoms with van der Waals surface area (Å²) in [6.07, 6.45) is 3.64. The maximum absolute atomic E-state index is 11.3. The third-order valence-electron chi connectivity index (χ3n) is 4.96. The van der Waals surface area contributed by atoms with Gasteiger partial charge < -0.3 is 0 Å². The second-order valence-electron chi connectivity index (χ2n) is 6.77. The molecule has 2 atom stereocenters. The molecule has 0 bridgehead atoms. The Morgan fingerprint density at radius 1 is 1.17 bits per heavy atom. The second kappa shape index (κ2) is 5.69. The third kappa shape index (κ3) is 3.28. The van der Waals surface area contributed by atoms with Gasteiger partial charge in [0.2, 0.25) is 10.0 Å². The van der Waals surface area contributed by atoms with Crippen LogP contribution in [0.15, 0.2) is 47.5 Å². The van der Waals surface area contributed by atoms with Crippen molar-refractivity contribution in [3.05, 3.63) is 53.9 Å². The summed E-state index contributed by atoms with van der Waals surface area (Å²) in [7, 11) is -3.63. The fourth-order valence-corrected chi connectivity index (χ4v) is 4.10. The summed E-state index contributed by atoms with van der Waals surface area (Å²) in [6.45, 7) is 4.51. The van der Waals surface area contributed by atoms with Gasteiger partial charge in [-0.25, -0.2) is 13.6 Å². The molecule has 1 fully saturated rings. The number of hydrogen-bond donors (Lipinski definition) is 1. The molecule has 0 spiro atoms. The van der Waals surface area contributed by atoms with Gasteiger partial charge in [-0.2, -0.15) is 10.2 Å². The Balaban J connectivity index is 1.71. The fourth-order valence-electron chi connectivity index (χ4n) is 3.58. The van der Waals surface area contributed by atoms with E-state index >= 15 is 0 Å². The molecule has 1 aromatic carbocycles. The lowest BCUT2D eigenvalue weighted by Gasteiger charge is -2.04. The highest BCUT2D eigenvalue weighted by molar-refractivity contribution is 7.89. The molecule has 6 heteroatoms. The maximum atomic E-state index is 11.3. The predicted molar refractivity (Wildman–Crippen MR) is 88.2 cm³/mol. The highest BCUT2D eigenvalue weighted by atomic mass is 32.2. The molecule has 1 aliphatic carbocycles. The van der Waals surface area contributed by atoms with E-state index in [-0.39, 0.29) is 10.3 Å². The van der Waals surface area contributed by atoms with Gasteiger partial charge in [0.25, 0.3) is 0 Å². The average molecular weight is 331 g/mol. The molecule has 2 N–H and O–H groups in total. The average Bonchev–Trinajstić information content (AvgIpc) is 3.06. The van der Waals surface area contributed by atoms with Gasteiger partial charge in [0.05, 0.1) is 10.6 Å². The summed E-state index contributed by atoms with van der Waals surface area (Å²) in [5.41, 5.74) is 2.40. The second-order valence-corrected chi connectivity index (χ2v) is 8.33. The number of nitrogens with two attached hydrogens (primary N) is 1. The van der Waals surface area contributed by atoms with Crippen LogP contribution in [0.4, 0.5) is 0 Å². The van der Waals surface area contributed by atoms with Crippen LogP contribution in [0.25, 0.3) is 0 Å². The number of primary sulfonamides is 1. The van der Waals surface area contributed by atoms with Gasteiger partial charge in [-0.15, -0.1) is 0 Å². The van der Waals surface area contributed by atoms with Crippen LogP contribution < -0.4 is 5.14 Å². The highest BCUT2D eigenvalue weighted by Crippen LogP contribution is 2.66. The minimum atomic E-state index is -3.63. The molecule has 0 saturated heterocycles. The van der Waals surface area contributed by atoms with Crippen LogP contribution in [0.1, 0.15) is 37.4 Å². The molecule has 1 aliphatic rings. The lowest BCUT2D eigenvalue weighted by Crippen LogP contribution is -2.11. The molecule has 0 aliphatic heterocycles. The van der Waals surface area contributed by atoms with Gasteiger partial charge in [0.1, 0.15) is 0 Å². The van der Waals surface area contributed by atoms with Crippen LogP contribution in [0.3, 0.4) is 0 Å². The Hall–Kier alpha value is -1.79. The summed E-state index contributed by atoms with van der Waals surface area (Å²) in [5, 5.41) is 13.2. The number of aryl methyl sites for hydroxylation is 1. The van der Waals surface area contributed by atoms with E-state index in [1.807, 2.05) is 24.3 Å². The van der Waals surface area contributed by atoms with E-state index in [4.69, 9.17) is 5.14 Å². The number of nitrogens with zero attached hydrogens (tertiary/aromatic N) is 2. The summed E-state index contributed by atoms with van der Waals surface area (Å²) < 4.78 is 22.7. The van der Waals surface area contributed by atoms with E-state index in [9.17, 15) is 8.42 Å². The van der Waals surface area contributed by atoms with Gasteiger partial charge in [0.15, 0.2) is 0 Å². The Morgan fingerprint density at radius 2 is 1.87 bits per heavy atom. The monoisotopic (exact) mass is 331 g/mol. The predicted octanol–water partition coefficient (Wildman–Crippen LogP) is 2.50. The van der Waals surface area contributed by atoms with Gasteiger partial charge in [-0.05, 0) is 59.9 Å². The lowest BCUT2D eigenvalue weighted by atomic mass is 10.0. The minimum Gasteiger partial charge on any atom is -0.225 e. The molecule has 0 radical (unpaired) electrons. The van der Waals surface area contributed by atoms with Crippen LogP contribution in [-0.4, -0.2) is 18.6 Å². The van der Waals surface area contributed by atoms with E-state index < -0.39 is 10.0 Å². The van der Waals surface area contributed by atoms with E-state index in [1.165, 1.54) is 5.56 Å². The first-order valence-corrected chi connectivity index (χ1v) is 9.24. The highest BCUT2D eigenvalue weighted by Gasteiger charge is 2.57. The largest absolute Gasteiger partial charge is 0.238 e. The topological polar surface area (TPSA) is 85.9 Å². The zero-order chi connectivity index (χ0) is 16.7. The quantitative estimate of drug-likeness (QED) is 0.912. The van der Waals surface area contributed by atoms with Crippen LogP contribution in [0.2, 0.25) is 0 Å².